The molecule has 0 atom stereocenters. The SMILES string of the molecule is CCNC(=O)N/C(=C/NCN1CCN(c2ccc(-n3cccn3)nc2C)CC1)NN.[HH].[HH]. The van der Waals surface area contributed by atoms with Crippen molar-refractivity contribution in [2.24, 2.45) is 5.84 Å². The molecule has 1 fully saturated rings. The van der Waals surface area contributed by atoms with Crippen LogP contribution in [0.15, 0.2) is 42.6 Å². The first kappa shape index (κ1) is 21.4. The lowest BCUT2D eigenvalue weighted by molar-refractivity contribution is 0.242. The Morgan fingerprint density at radius 2 is 2.10 bits per heavy atom. The van der Waals surface area contributed by atoms with E-state index in [-0.39, 0.29) is 8.88 Å². The molecule has 11 heteroatoms. The smallest absolute Gasteiger partial charge is 0.320 e. The second-order valence-electron chi connectivity index (χ2n) is 6.88. The number of amides is 2. The van der Waals surface area contributed by atoms with Crippen LogP contribution < -0.4 is 32.1 Å². The van der Waals surface area contributed by atoms with Crippen molar-refractivity contribution in [3.63, 3.8) is 0 Å². The van der Waals surface area contributed by atoms with Gasteiger partial charge in [0.15, 0.2) is 5.82 Å². The van der Waals surface area contributed by atoms with Gasteiger partial charge in [0.25, 0.3) is 0 Å². The summed E-state index contributed by atoms with van der Waals surface area (Å²) in [6, 6.07) is 5.69. The fourth-order valence-corrected chi connectivity index (χ4v) is 3.27. The van der Waals surface area contributed by atoms with E-state index in [9.17, 15) is 4.79 Å². The predicted octanol–water partition coefficient (Wildman–Crippen LogP) is 0.318. The molecule has 0 unspecified atom stereocenters. The number of hydrogen-bond acceptors (Lipinski definition) is 8. The first-order chi connectivity index (χ1) is 14.6. The van der Waals surface area contributed by atoms with Crippen molar-refractivity contribution in [3.8, 4) is 5.82 Å². The summed E-state index contributed by atoms with van der Waals surface area (Å²) in [7, 11) is 0. The van der Waals surface area contributed by atoms with E-state index in [0.717, 1.165) is 43.4 Å². The van der Waals surface area contributed by atoms with Gasteiger partial charge in [-0.2, -0.15) is 5.10 Å². The number of nitrogens with one attached hydrogen (secondary N) is 4. The largest absolute Gasteiger partial charge is 0.375 e. The molecule has 2 aromatic rings. The molecular weight excluding hydrogens is 384 g/mol. The number of aromatic nitrogens is 3. The van der Waals surface area contributed by atoms with E-state index >= 15 is 0 Å². The maximum atomic E-state index is 11.6. The van der Waals surface area contributed by atoms with Crippen LogP contribution in [-0.2, 0) is 0 Å². The van der Waals surface area contributed by atoms with Gasteiger partial charge in [-0.3, -0.25) is 10.2 Å². The zero-order valence-electron chi connectivity index (χ0n) is 17.4. The molecule has 0 radical (unpaired) electrons. The van der Waals surface area contributed by atoms with E-state index in [1.807, 2.05) is 32.2 Å². The van der Waals surface area contributed by atoms with Crippen molar-refractivity contribution < 1.29 is 7.65 Å². The van der Waals surface area contributed by atoms with Gasteiger partial charge >= 0.3 is 6.03 Å². The number of hydrazine groups is 1. The zero-order valence-corrected chi connectivity index (χ0v) is 17.4. The number of urea groups is 1. The highest BCUT2D eigenvalue weighted by molar-refractivity contribution is 5.75. The Balaban J connectivity index is 0.00000256. The van der Waals surface area contributed by atoms with Gasteiger partial charge in [-0.15, -0.1) is 0 Å². The Kier molecular flexibility index (Phi) is 7.46. The van der Waals surface area contributed by atoms with Crippen LogP contribution in [0.25, 0.3) is 5.82 Å². The summed E-state index contributed by atoms with van der Waals surface area (Å²) in [5, 5.41) is 12.7. The van der Waals surface area contributed by atoms with Crippen LogP contribution in [0, 0.1) is 6.92 Å². The molecule has 11 nitrogen and oxygen atoms in total. The van der Waals surface area contributed by atoms with E-state index in [0.29, 0.717) is 19.0 Å². The molecule has 2 aromatic heterocycles. The Morgan fingerprint density at radius 1 is 1.30 bits per heavy atom. The number of nitrogens with two attached hydrogens (primary N) is 1. The van der Waals surface area contributed by atoms with Gasteiger partial charge < -0.3 is 21.0 Å². The third-order valence-electron chi connectivity index (χ3n) is 4.80. The minimum Gasteiger partial charge on any atom is -0.375 e. The lowest BCUT2D eigenvalue weighted by Gasteiger charge is -2.36. The van der Waals surface area contributed by atoms with Crippen molar-refractivity contribution in [3.05, 3.63) is 48.3 Å². The van der Waals surface area contributed by atoms with Gasteiger partial charge in [-0.25, -0.2) is 20.3 Å². The van der Waals surface area contributed by atoms with Crippen molar-refractivity contribution in [1.82, 2.24) is 41.0 Å². The second kappa shape index (κ2) is 10.5. The first-order valence-corrected chi connectivity index (χ1v) is 10.0. The molecule has 30 heavy (non-hydrogen) atoms. The molecule has 3 heterocycles. The lowest BCUT2D eigenvalue weighted by Crippen LogP contribution is -2.49. The van der Waals surface area contributed by atoms with Crippen molar-refractivity contribution in [2.75, 3.05) is 44.3 Å². The average molecular weight is 419 g/mol. The molecule has 2 amide bonds. The molecule has 0 saturated carbocycles. The molecule has 1 aliphatic heterocycles. The highest BCUT2D eigenvalue weighted by Crippen LogP contribution is 2.21. The van der Waals surface area contributed by atoms with Gasteiger partial charge in [-0.05, 0) is 32.0 Å². The number of nitrogens with zero attached hydrogens (tertiary/aromatic N) is 5. The third-order valence-corrected chi connectivity index (χ3v) is 4.80. The molecule has 166 valence electrons. The Bertz CT molecular complexity index is 854. The summed E-state index contributed by atoms with van der Waals surface area (Å²) in [4.78, 5) is 20.9. The van der Waals surface area contributed by atoms with E-state index < -0.39 is 0 Å². The summed E-state index contributed by atoms with van der Waals surface area (Å²) in [6.07, 6.45) is 5.29. The topological polar surface area (TPSA) is 128 Å². The zero-order chi connectivity index (χ0) is 21.3. The number of pyridine rings is 1. The van der Waals surface area contributed by atoms with Gasteiger partial charge in [0.2, 0.25) is 0 Å². The lowest BCUT2D eigenvalue weighted by atomic mass is 10.2. The number of carbonyl (C=O) groups is 1. The highest BCUT2D eigenvalue weighted by atomic mass is 16.2. The molecule has 0 aliphatic carbocycles. The predicted molar refractivity (Wildman–Crippen MR) is 120 cm³/mol. The van der Waals surface area contributed by atoms with Gasteiger partial charge in [-0.1, -0.05) is 0 Å². The molecule has 0 spiro atoms. The molecule has 0 aromatic carbocycles. The molecule has 1 aliphatic rings. The van der Waals surface area contributed by atoms with Crippen LogP contribution in [0.4, 0.5) is 10.5 Å². The van der Waals surface area contributed by atoms with Gasteiger partial charge in [0.1, 0.15) is 5.82 Å². The molecule has 6 N–H and O–H groups in total. The van der Waals surface area contributed by atoms with Crippen LogP contribution in [0.3, 0.4) is 0 Å². The molecule has 3 rings (SSSR count). The van der Waals surface area contributed by atoms with E-state index in [1.54, 1.807) is 17.1 Å². The third kappa shape index (κ3) is 5.61. The van der Waals surface area contributed by atoms with Crippen LogP contribution in [0.5, 0.6) is 0 Å². The van der Waals surface area contributed by atoms with Crippen molar-refractivity contribution >= 4 is 11.7 Å². The second-order valence-corrected chi connectivity index (χ2v) is 6.88. The minimum absolute atomic E-state index is 0. The Morgan fingerprint density at radius 3 is 2.73 bits per heavy atom. The normalized spacial score (nSPS) is 15.0. The number of anilines is 1. The summed E-state index contributed by atoms with van der Waals surface area (Å²) >= 11 is 0. The Labute approximate surface area is 179 Å². The maximum Gasteiger partial charge on any atom is 0.320 e. The number of rotatable bonds is 8. The molecular formula is C19H34N10O. The number of aryl methyl sites for hydroxylation is 1. The molecule has 1 saturated heterocycles. The van der Waals surface area contributed by atoms with Crippen LogP contribution in [-0.4, -0.2) is 65.1 Å². The van der Waals surface area contributed by atoms with Crippen LogP contribution >= 0.6 is 0 Å². The highest BCUT2D eigenvalue weighted by Gasteiger charge is 2.19. The van der Waals surface area contributed by atoms with Crippen LogP contribution in [0.1, 0.15) is 15.5 Å². The van der Waals surface area contributed by atoms with Gasteiger partial charge in [0.05, 0.1) is 18.1 Å². The monoisotopic (exact) mass is 418 g/mol. The fraction of sp³-hybridized carbons (Fsp3) is 0.421. The first-order valence-electron chi connectivity index (χ1n) is 10.0. The average Bonchev–Trinajstić information content (AvgIpc) is 3.29. The summed E-state index contributed by atoms with van der Waals surface area (Å²) < 4.78 is 1.76. The minimum atomic E-state index is -0.306. The van der Waals surface area contributed by atoms with Crippen molar-refractivity contribution in [2.45, 2.75) is 13.8 Å². The quantitative estimate of drug-likeness (QED) is 0.306. The summed E-state index contributed by atoms with van der Waals surface area (Å²) in [5.41, 5.74) is 4.61. The fourth-order valence-electron chi connectivity index (χ4n) is 3.27. The number of carbonyl (C=O) groups excluding carboxylic acids is 1. The maximum absolute atomic E-state index is 11.6. The summed E-state index contributed by atoms with van der Waals surface area (Å²) in [5.74, 6) is 6.66. The Hall–Kier alpha value is -3.31. The van der Waals surface area contributed by atoms with Crippen molar-refractivity contribution in [1.29, 1.82) is 0 Å². The van der Waals surface area contributed by atoms with Gasteiger partial charge in [0, 0.05) is 54.2 Å². The number of piperazine rings is 1. The van der Waals surface area contributed by atoms with E-state index in [1.165, 1.54) is 0 Å². The number of hydrogen-bond donors (Lipinski definition) is 5. The standard InChI is InChI=1S/C19H30N10O.2H2/c1-3-22-19(30)25-17(26-20)13-21-14-27-9-11-28(12-10-27)16-5-6-18(24-15(16)2)29-8-4-7-23-29;;/h4-8,13,21,26H,3,9-12,14,20H2,1-2H3,(H2,22,25,30);2*1H/b17-13-;;. The van der Waals surface area contributed by atoms with Crippen LogP contribution in [0.2, 0.25) is 0 Å². The van der Waals surface area contributed by atoms with E-state index in [4.69, 9.17) is 10.8 Å². The molecule has 0 bridgehead atoms. The van der Waals surface area contributed by atoms with E-state index in [2.05, 4.69) is 42.3 Å². The summed E-state index contributed by atoms with van der Waals surface area (Å²) in [6.45, 7) is 8.73.